The zero-order valence-electron chi connectivity index (χ0n) is 12.3. The number of rotatable bonds is 3. The van der Waals surface area contributed by atoms with Gasteiger partial charge in [0.15, 0.2) is 8.32 Å². The van der Waals surface area contributed by atoms with Gasteiger partial charge < -0.3 is 9.74 Å². The standard InChI is InChI=1S/C13H27NOSSi/c1-12(2,3)17(6,7)15-13(4,5)10-8-9-11(16)14-10/h10H,8-9H2,1-7H3,(H,14,16). The predicted octanol–water partition coefficient (Wildman–Crippen LogP) is 3.87. The summed E-state index contributed by atoms with van der Waals surface area (Å²) in [5.41, 5.74) is -0.135. The molecule has 0 bridgehead atoms. The van der Waals surface area contributed by atoms with E-state index in [1.165, 1.54) is 0 Å². The molecular weight excluding hydrogens is 246 g/mol. The molecule has 1 atom stereocenters. The molecule has 0 aromatic rings. The Bertz CT molecular complexity index is 307. The molecule has 2 nitrogen and oxygen atoms in total. The summed E-state index contributed by atoms with van der Waals surface area (Å²) in [4.78, 5) is 0.988. The van der Waals surface area contributed by atoms with Crippen LogP contribution in [-0.4, -0.2) is 24.9 Å². The lowest BCUT2D eigenvalue weighted by molar-refractivity contribution is 0.0588. The van der Waals surface area contributed by atoms with Gasteiger partial charge in [0, 0.05) is 0 Å². The van der Waals surface area contributed by atoms with Crippen molar-refractivity contribution in [3.63, 3.8) is 0 Å². The van der Waals surface area contributed by atoms with Gasteiger partial charge in [-0.05, 0) is 44.8 Å². The fraction of sp³-hybridized carbons (Fsp3) is 0.923. The van der Waals surface area contributed by atoms with Gasteiger partial charge in [0.05, 0.1) is 16.6 Å². The Labute approximate surface area is 113 Å². The Balaban J connectivity index is 2.76. The maximum atomic E-state index is 6.54. The molecular formula is C13H27NOSSi. The molecule has 1 N–H and O–H groups in total. The van der Waals surface area contributed by atoms with Crippen LogP contribution < -0.4 is 5.32 Å². The van der Waals surface area contributed by atoms with Crippen LogP contribution in [0.1, 0.15) is 47.5 Å². The van der Waals surface area contributed by atoms with Crippen LogP contribution in [0.4, 0.5) is 0 Å². The minimum Gasteiger partial charge on any atom is -0.410 e. The molecule has 1 heterocycles. The summed E-state index contributed by atoms with van der Waals surface area (Å²) in [6.07, 6.45) is 2.10. The van der Waals surface area contributed by atoms with Crippen LogP contribution in [0.5, 0.6) is 0 Å². The number of hydrogen-bond donors (Lipinski definition) is 1. The van der Waals surface area contributed by atoms with E-state index in [0.717, 1.165) is 17.8 Å². The molecule has 1 fully saturated rings. The Morgan fingerprint density at radius 1 is 1.24 bits per heavy atom. The van der Waals surface area contributed by atoms with Gasteiger partial charge in [0.2, 0.25) is 0 Å². The molecule has 1 aliphatic rings. The van der Waals surface area contributed by atoms with E-state index in [-0.39, 0.29) is 10.6 Å². The third kappa shape index (κ3) is 3.52. The van der Waals surface area contributed by atoms with Crippen molar-refractivity contribution in [3.05, 3.63) is 0 Å². The van der Waals surface area contributed by atoms with E-state index in [2.05, 4.69) is 53.0 Å². The van der Waals surface area contributed by atoms with Crippen LogP contribution in [0.25, 0.3) is 0 Å². The molecule has 1 unspecified atom stereocenters. The van der Waals surface area contributed by atoms with Crippen molar-refractivity contribution >= 4 is 25.5 Å². The zero-order chi connectivity index (χ0) is 13.5. The normalized spacial score (nSPS) is 22.8. The van der Waals surface area contributed by atoms with E-state index in [0.29, 0.717) is 6.04 Å². The lowest BCUT2D eigenvalue weighted by atomic mass is 9.98. The maximum absolute atomic E-state index is 6.54. The van der Waals surface area contributed by atoms with Crippen LogP contribution in [-0.2, 0) is 4.43 Å². The molecule has 17 heavy (non-hydrogen) atoms. The number of hydrogen-bond acceptors (Lipinski definition) is 2. The van der Waals surface area contributed by atoms with Gasteiger partial charge in [0.1, 0.15) is 0 Å². The Morgan fingerprint density at radius 2 is 1.76 bits per heavy atom. The topological polar surface area (TPSA) is 21.3 Å². The van der Waals surface area contributed by atoms with Crippen LogP contribution in [0, 0.1) is 0 Å². The van der Waals surface area contributed by atoms with E-state index in [1.54, 1.807) is 0 Å². The molecule has 4 heteroatoms. The SMILES string of the molecule is CC(C)(O[Si](C)(C)C(C)(C)C)C1CCC(=S)N1. The molecule has 1 rings (SSSR count). The summed E-state index contributed by atoms with van der Waals surface area (Å²) in [7, 11) is -1.71. The largest absolute Gasteiger partial charge is 0.410 e. The molecule has 0 spiro atoms. The summed E-state index contributed by atoms with van der Waals surface area (Å²) in [6, 6.07) is 0.365. The molecule has 100 valence electrons. The average molecular weight is 274 g/mol. The van der Waals surface area contributed by atoms with E-state index in [1.807, 2.05) is 0 Å². The van der Waals surface area contributed by atoms with Crippen molar-refractivity contribution < 1.29 is 4.43 Å². The van der Waals surface area contributed by atoms with Gasteiger partial charge in [-0.1, -0.05) is 33.0 Å². The van der Waals surface area contributed by atoms with Gasteiger partial charge >= 0.3 is 0 Å². The summed E-state index contributed by atoms with van der Waals surface area (Å²) in [5, 5.41) is 3.65. The third-order valence-electron chi connectivity index (χ3n) is 4.16. The molecule has 0 aromatic heterocycles. The van der Waals surface area contributed by atoms with E-state index < -0.39 is 8.32 Å². The second-order valence-electron chi connectivity index (χ2n) is 7.12. The summed E-state index contributed by atoms with van der Waals surface area (Å²) >= 11 is 5.22. The van der Waals surface area contributed by atoms with Crippen molar-refractivity contribution in [2.24, 2.45) is 0 Å². The zero-order valence-corrected chi connectivity index (χ0v) is 14.1. The van der Waals surface area contributed by atoms with Crippen molar-refractivity contribution in [2.45, 2.75) is 77.2 Å². The fourth-order valence-corrected chi connectivity index (χ4v) is 4.04. The summed E-state index contributed by atoms with van der Waals surface area (Å²) in [6.45, 7) is 15.8. The lowest BCUT2D eigenvalue weighted by Crippen LogP contribution is -2.54. The van der Waals surface area contributed by atoms with Crippen LogP contribution in [0.2, 0.25) is 18.1 Å². The maximum Gasteiger partial charge on any atom is 0.192 e. The first-order valence-corrected chi connectivity index (χ1v) is 9.77. The second-order valence-corrected chi connectivity index (χ2v) is 12.3. The minimum absolute atomic E-state index is 0.135. The highest BCUT2D eigenvalue weighted by Crippen LogP contribution is 2.40. The van der Waals surface area contributed by atoms with Gasteiger partial charge in [-0.15, -0.1) is 0 Å². The van der Waals surface area contributed by atoms with Crippen molar-refractivity contribution in [2.75, 3.05) is 0 Å². The minimum atomic E-state index is -1.71. The van der Waals surface area contributed by atoms with Crippen LogP contribution in [0.15, 0.2) is 0 Å². The molecule has 1 saturated heterocycles. The van der Waals surface area contributed by atoms with E-state index in [4.69, 9.17) is 16.6 Å². The van der Waals surface area contributed by atoms with Gasteiger partial charge in [0.25, 0.3) is 0 Å². The number of thiocarbonyl (C=S) groups is 1. The summed E-state index contributed by atoms with van der Waals surface area (Å²) < 4.78 is 6.54. The Hall–Kier alpha value is 0.0669. The molecule has 0 aromatic carbocycles. The molecule has 0 aliphatic carbocycles. The monoisotopic (exact) mass is 273 g/mol. The molecule has 0 saturated carbocycles. The van der Waals surface area contributed by atoms with E-state index >= 15 is 0 Å². The van der Waals surface area contributed by atoms with Crippen molar-refractivity contribution in [1.29, 1.82) is 0 Å². The lowest BCUT2D eigenvalue weighted by Gasteiger charge is -2.45. The van der Waals surface area contributed by atoms with Crippen molar-refractivity contribution in [3.8, 4) is 0 Å². The Morgan fingerprint density at radius 3 is 2.12 bits per heavy atom. The highest BCUT2D eigenvalue weighted by molar-refractivity contribution is 7.80. The van der Waals surface area contributed by atoms with Crippen LogP contribution >= 0.6 is 12.2 Å². The summed E-state index contributed by atoms with van der Waals surface area (Å²) in [5.74, 6) is 0. The first-order chi connectivity index (χ1) is 7.46. The molecule has 0 radical (unpaired) electrons. The van der Waals surface area contributed by atoms with Gasteiger partial charge in [-0.2, -0.15) is 0 Å². The third-order valence-corrected chi connectivity index (χ3v) is 9.13. The Kier molecular flexibility index (Phi) is 4.12. The molecule has 0 amide bonds. The smallest absolute Gasteiger partial charge is 0.192 e. The molecule has 1 aliphatic heterocycles. The second kappa shape index (κ2) is 4.63. The van der Waals surface area contributed by atoms with Crippen molar-refractivity contribution in [1.82, 2.24) is 5.32 Å². The van der Waals surface area contributed by atoms with Gasteiger partial charge in [-0.3, -0.25) is 0 Å². The number of nitrogens with one attached hydrogen (secondary N) is 1. The predicted molar refractivity (Wildman–Crippen MR) is 81.1 cm³/mol. The fourth-order valence-electron chi connectivity index (χ4n) is 2.02. The highest BCUT2D eigenvalue weighted by atomic mass is 32.1. The average Bonchev–Trinajstić information content (AvgIpc) is 2.48. The van der Waals surface area contributed by atoms with Crippen LogP contribution in [0.3, 0.4) is 0 Å². The van der Waals surface area contributed by atoms with Gasteiger partial charge in [-0.25, -0.2) is 0 Å². The quantitative estimate of drug-likeness (QED) is 0.623. The highest BCUT2D eigenvalue weighted by Gasteiger charge is 2.44. The van der Waals surface area contributed by atoms with E-state index in [9.17, 15) is 0 Å². The first-order valence-electron chi connectivity index (χ1n) is 6.45. The first kappa shape index (κ1) is 15.1.